The fraction of sp³-hybridized carbons (Fsp3) is 0.875. The van der Waals surface area contributed by atoms with Crippen LogP contribution in [0.25, 0.3) is 0 Å². The lowest BCUT2D eigenvalue weighted by atomic mass is 9.94. The van der Waals surface area contributed by atoms with E-state index in [-0.39, 0.29) is 11.9 Å². The Hall–Kier alpha value is -1.18. The smallest absolute Gasteiger partial charge is 0.318 e. The molecule has 7 nitrogen and oxygen atoms in total. The van der Waals surface area contributed by atoms with E-state index >= 15 is 0 Å². The molecule has 2 aliphatic heterocycles. The third-order valence-electron chi connectivity index (χ3n) is 4.83. The molecule has 132 valence electrons. The van der Waals surface area contributed by atoms with Crippen molar-refractivity contribution in [2.45, 2.75) is 51.9 Å². The highest BCUT2D eigenvalue weighted by molar-refractivity contribution is 5.96. The predicted molar refractivity (Wildman–Crippen MR) is 87.9 cm³/mol. The molecule has 0 aliphatic carbocycles. The van der Waals surface area contributed by atoms with Gasteiger partial charge in [0.1, 0.15) is 0 Å². The number of nitrogens with zero attached hydrogens (tertiary/aromatic N) is 2. The Morgan fingerprint density at radius 2 is 1.78 bits per heavy atom. The van der Waals surface area contributed by atoms with E-state index in [0.717, 1.165) is 45.6 Å². The first-order valence-corrected chi connectivity index (χ1v) is 8.57. The summed E-state index contributed by atoms with van der Waals surface area (Å²) < 4.78 is 5.78. The van der Waals surface area contributed by atoms with Gasteiger partial charge in [0.05, 0.1) is 18.2 Å². The third-order valence-corrected chi connectivity index (χ3v) is 4.83. The molecular formula is C16H30N4O3. The zero-order valence-electron chi connectivity index (χ0n) is 14.5. The van der Waals surface area contributed by atoms with Crippen LogP contribution in [0.5, 0.6) is 0 Å². The quantitative estimate of drug-likeness (QED) is 0.780. The first kappa shape index (κ1) is 18.2. The molecule has 2 heterocycles. The molecule has 2 aliphatic rings. The van der Waals surface area contributed by atoms with Gasteiger partial charge in [-0.15, -0.1) is 0 Å². The van der Waals surface area contributed by atoms with E-state index < -0.39 is 6.03 Å². The number of morpholine rings is 1. The molecule has 0 saturated carbocycles. The summed E-state index contributed by atoms with van der Waals surface area (Å²) in [4.78, 5) is 27.3. The molecule has 0 spiro atoms. The first-order valence-electron chi connectivity index (χ1n) is 8.57. The molecule has 2 rings (SSSR count). The van der Waals surface area contributed by atoms with Gasteiger partial charge in [0, 0.05) is 19.6 Å². The van der Waals surface area contributed by atoms with Crippen molar-refractivity contribution >= 4 is 11.9 Å². The predicted octanol–water partition coefficient (Wildman–Crippen LogP) is 0.391. The number of hydrogen-bond acceptors (Lipinski definition) is 5. The van der Waals surface area contributed by atoms with E-state index in [1.807, 2.05) is 6.92 Å². The molecular weight excluding hydrogens is 296 g/mol. The Kier molecular flexibility index (Phi) is 6.38. The number of rotatable bonds is 4. The number of piperidine rings is 1. The van der Waals surface area contributed by atoms with Gasteiger partial charge in [-0.3, -0.25) is 19.9 Å². The van der Waals surface area contributed by atoms with E-state index in [0.29, 0.717) is 18.1 Å². The molecule has 0 bridgehead atoms. The van der Waals surface area contributed by atoms with E-state index in [1.54, 1.807) is 0 Å². The SMILES string of the molecule is C[C@@H]1CN(CC2CCN([C@H](C)C(=O)NC(N)=O)CC2)C[C@@H](C)O1. The molecule has 0 radical (unpaired) electrons. The number of nitrogens with two attached hydrogens (primary N) is 1. The molecule has 2 saturated heterocycles. The lowest BCUT2D eigenvalue weighted by Crippen LogP contribution is -2.52. The zero-order chi connectivity index (χ0) is 17.0. The lowest BCUT2D eigenvalue weighted by Gasteiger charge is -2.40. The third kappa shape index (κ3) is 5.44. The van der Waals surface area contributed by atoms with Crippen LogP contribution in [-0.2, 0) is 9.53 Å². The fourth-order valence-corrected chi connectivity index (χ4v) is 3.71. The van der Waals surface area contributed by atoms with Gasteiger partial charge >= 0.3 is 6.03 Å². The number of likely N-dealkylation sites (tertiary alicyclic amines) is 1. The molecule has 23 heavy (non-hydrogen) atoms. The summed E-state index contributed by atoms with van der Waals surface area (Å²) in [6, 6.07) is -1.10. The maximum Gasteiger partial charge on any atom is 0.318 e. The summed E-state index contributed by atoms with van der Waals surface area (Å²) in [5, 5.41) is 2.16. The van der Waals surface area contributed by atoms with E-state index in [9.17, 15) is 9.59 Å². The molecule has 0 unspecified atom stereocenters. The normalized spacial score (nSPS) is 29.2. The van der Waals surface area contributed by atoms with Crippen LogP contribution in [0.1, 0.15) is 33.6 Å². The van der Waals surface area contributed by atoms with Crippen molar-refractivity contribution in [2.24, 2.45) is 11.7 Å². The largest absolute Gasteiger partial charge is 0.373 e. The van der Waals surface area contributed by atoms with Crippen molar-refractivity contribution in [3.63, 3.8) is 0 Å². The van der Waals surface area contributed by atoms with Gasteiger partial charge in [-0.25, -0.2) is 4.79 Å². The number of carbonyl (C=O) groups is 2. The number of carbonyl (C=O) groups excluding carboxylic acids is 2. The monoisotopic (exact) mass is 326 g/mol. The number of imide groups is 1. The Morgan fingerprint density at radius 3 is 2.30 bits per heavy atom. The minimum atomic E-state index is -0.785. The summed E-state index contributed by atoms with van der Waals surface area (Å²) >= 11 is 0. The Bertz CT molecular complexity index is 414. The van der Waals surface area contributed by atoms with Crippen molar-refractivity contribution in [3.8, 4) is 0 Å². The second kappa shape index (κ2) is 8.08. The highest BCUT2D eigenvalue weighted by atomic mass is 16.5. The number of primary amides is 1. The van der Waals surface area contributed by atoms with E-state index in [2.05, 4.69) is 29.0 Å². The van der Waals surface area contributed by atoms with Gasteiger partial charge in [0.25, 0.3) is 0 Å². The van der Waals surface area contributed by atoms with Crippen LogP contribution in [0.15, 0.2) is 0 Å². The van der Waals surface area contributed by atoms with Crippen molar-refractivity contribution in [3.05, 3.63) is 0 Å². The van der Waals surface area contributed by atoms with Gasteiger partial charge in [0.15, 0.2) is 0 Å². The molecule has 0 aromatic carbocycles. The number of amides is 3. The molecule has 3 atom stereocenters. The number of hydrogen-bond donors (Lipinski definition) is 2. The minimum absolute atomic E-state index is 0.302. The summed E-state index contributed by atoms with van der Waals surface area (Å²) in [5.41, 5.74) is 5.00. The van der Waals surface area contributed by atoms with E-state index in [1.165, 1.54) is 0 Å². The second-order valence-electron chi connectivity index (χ2n) is 6.98. The summed E-state index contributed by atoms with van der Waals surface area (Å²) in [6.45, 7) is 11.0. The molecule has 3 amide bonds. The highest BCUT2D eigenvalue weighted by Gasteiger charge is 2.29. The topological polar surface area (TPSA) is 87.9 Å². The molecule has 2 fully saturated rings. The summed E-state index contributed by atoms with van der Waals surface area (Å²) in [5.74, 6) is 0.349. The number of ether oxygens (including phenoxy) is 1. The standard InChI is InChI=1S/C16H30N4O3/c1-11-8-19(9-12(2)23-11)10-14-4-6-20(7-5-14)13(3)15(21)18-16(17)22/h11-14H,4-10H2,1-3H3,(H3,17,18,21,22)/t11-,12-,13-/m1/s1. The summed E-state index contributed by atoms with van der Waals surface area (Å²) in [7, 11) is 0. The van der Waals surface area contributed by atoms with Gasteiger partial charge in [-0.1, -0.05) is 0 Å². The van der Waals surface area contributed by atoms with Crippen molar-refractivity contribution in [1.82, 2.24) is 15.1 Å². The molecule has 7 heteroatoms. The fourth-order valence-electron chi connectivity index (χ4n) is 3.71. The van der Waals surface area contributed by atoms with Gasteiger partial charge in [-0.05, 0) is 52.6 Å². The van der Waals surface area contributed by atoms with Gasteiger partial charge < -0.3 is 10.5 Å². The lowest BCUT2D eigenvalue weighted by molar-refractivity contribution is -0.125. The minimum Gasteiger partial charge on any atom is -0.373 e. The van der Waals surface area contributed by atoms with Crippen LogP contribution in [0, 0.1) is 5.92 Å². The van der Waals surface area contributed by atoms with Crippen molar-refractivity contribution in [1.29, 1.82) is 0 Å². The Balaban J connectivity index is 1.75. The first-order chi connectivity index (χ1) is 10.8. The van der Waals surface area contributed by atoms with Crippen LogP contribution in [0.2, 0.25) is 0 Å². The average molecular weight is 326 g/mol. The Labute approximate surface area is 138 Å². The molecule has 3 N–H and O–H groups in total. The molecule has 0 aromatic rings. The number of nitrogens with one attached hydrogen (secondary N) is 1. The average Bonchev–Trinajstić information content (AvgIpc) is 2.45. The Morgan fingerprint density at radius 1 is 1.22 bits per heavy atom. The zero-order valence-corrected chi connectivity index (χ0v) is 14.5. The van der Waals surface area contributed by atoms with Crippen molar-refractivity contribution in [2.75, 3.05) is 32.7 Å². The van der Waals surface area contributed by atoms with Gasteiger partial charge in [-0.2, -0.15) is 0 Å². The van der Waals surface area contributed by atoms with Gasteiger partial charge in [0.2, 0.25) is 5.91 Å². The highest BCUT2D eigenvalue weighted by Crippen LogP contribution is 2.22. The second-order valence-corrected chi connectivity index (χ2v) is 6.98. The molecule has 0 aromatic heterocycles. The summed E-state index contributed by atoms with van der Waals surface area (Å²) in [6.07, 6.45) is 2.76. The van der Waals surface area contributed by atoms with Crippen LogP contribution in [0.3, 0.4) is 0 Å². The van der Waals surface area contributed by atoms with Crippen LogP contribution in [-0.4, -0.2) is 72.7 Å². The van der Waals surface area contributed by atoms with Crippen LogP contribution < -0.4 is 11.1 Å². The van der Waals surface area contributed by atoms with Crippen LogP contribution >= 0.6 is 0 Å². The van der Waals surface area contributed by atoms with Crippen LogP contribution in [0.4, 0.5) is 4.79 Å². The number of urea groups is 1. The maximum absolute atomic E-state index is 11.8. The van der Waals surface area contributed by atoms with Crippen molar-refractivity contribution < 1.29 is 14.3 Å². The van der Waals surface area contributed by atoms with E-state index in [4.69, 9.17) is 10.5 Å². The maximum atomic E-state index is 11.8.